The molecule has 5 aromatic rings. The molecule has 164 valence electrons. The maximum Gasteiger partial charge on any atom is 0.346 e. The van der Waals surface area contributed by atoms with Gasteiger partial charge in [0.15, 0.2) is 28.9 Å². The van der Waals surface area contributed by atoms with Crippen LogP contribution in [0.25, 0.3) is 28.0 Å². The predicted molar refractivity (Wildman–Crippen MR) is 131 cm³/mol. The molecule has 0 saturated carbocycles. The molecule has 0 N–H and O–H groups in total. The van der Waals surface area contributed by atoms with Gasteiger partial charge in [-0.05, 0) is 47.4 Å². The molecule has 1 unspecified atom stereocenters. The number of nitrogens with zero attached hydrogens (tertiary/aromatic N) is 3. The standard InChI is InChI=1S/C30H25N3O/c1-29(2,3)18-16-21-26-25(17-18)34-24-14-9-13-23-27(24)33(26)28(31(23)4)30(21)20-11-6-5-10-19(20)22-12-7-8-15-32(22)30/h5-17H,1-4H3/q+2. The highest BCUT2D eigenvalue weighted by Crippen LogP contribution is 2.55. The summed E-state index contributed by atoms with van der Waals surface area (Å²) in [5, 5.41) is 0. The second-order valence-electron chi connectivity index (χ2n) is 10.8. The number of hydrogen-bond acceptors (Lipinski definition) is 1. The Balaban J connectivity index is 1.67. The quantitative estimate of drug-likeness (QED) is 0.292. The lowest BCUT2D eigenvalue weighted by atomic mass is 9.79. The van der Waals surface area contributed by atoms with Crippen LogP contribution in [0, 0.1) is 0 Å². The van der Waals surface area contributed by atoms with Gasteiger partial charge in [0, 0.05) is 12.1 Å². The highest BCUT2D eigenvalue weighted by Gasteiger charge is 2.68. The third-order valence-corrected chi connectivity index (χ3v) is 8.00. The number of hydrogen-bond donors (Lipinski definition) is 0. The summed E-state index contributed by atoms with van der Waals surface area (Å²) in [7, 11) is 2.20. The Morgan fingerprint density at radius 3 is 2.53 bits per heavy atom. The van der Waals surface area contributed by atoms with Gasteiger partial charge < -0.3 is 4.74 Å². The molecule has 3 aliphatic heterocycles. The van der Waals surface area contributed by atoms with Gasteiger partial charge in [-0.1, -0.05) is 45.0 Å². The Bertz CT molecular complexity index is 1690. The normalized spacial score (nSPS) is 18.4. The van der Waals surface area contributed by atoms with Gasteiger partial charge in [-0.3, -0.25) is 0 Å². The summed E-state index contributed by atoms with van der Waals surface area (Å²) in [4.78, 5) is 0. The molecule has 0 saturated heterocycles. The lowest BCUT2D eigenvalue weighted by Crippen LogP contribution is -2.57. The largest absolute Gasteiger partial charge is 0.448 e. The molecule has 0 radical (unpaired) electrons. The van der Waals surface area contributed by atoms with Crippen molar-refractivity contribution in [3.63, 3.8) is 0 Å². The Morgan fingerprint density at radius 1 is 0.853 bits per heavy atom. The molecule has 5 heterocycles. The van der Waals surface area contributed by atoms with E-state index in [9.17, 15) is 0 Å². The van der Waals surface area contributed by atoms with Gasteiger partial charge in [-0.2, -0.15) is 9.13 Å². The van der Waals surface area contributed by atoms with Crippen LogP contribution in [0.2, 0.25) is 0 Å². The minimum absolute atomic E-state index is 0.00981. The van der Waals surface area contributed by atoms with E-state index in [1.165, 1.54) is 45.0 Å². The summed E-state index contributed by atoms with van der Waals surface area (Å²) < 4.78 is 14.0. The molecule has 3 aliphatic rings. The number of benzene rings is 3. The van der Waals surface area contributed by atoms with Crippen LogP contribution in [0.5, 0.6) is 11.5 Å². The summed E-state index contributed by atoms with van der Waals surface area (Å²) >= 11 is 0. The SMILES string of the molecule is Cn1c2[n+]3c4c(cccc41)Oc1cc(C(C)(C)C)cc(c1-3)C21c2ccccc2-c2cccc[n+]21. The zero-order valence-electron chi connectivity index (χ0n) is 19.8. The van der Waals surface area contributed by atoms with E-state index in [0.717, 1.165) is 17.0 Å². The number of para-hydroxylation sites is 1. The lowest BCUT2D eigenvalue weighted by molar-refractivity contribution is -0.733. The van der Waals surface area contributed by atoms with E-state index in [4.69, 9.17) is 4.74 Å². The third-order valence-electron chi connectivity index (χ3n) is 8.00. The van der Waals surface area contributed by atoms with Gasteiger partial charge in [0.2, 0.25) is 11.2 Å². The molecule has 4 nitrogen and oxygen atoms in total. The maximum absolute atomic E-state index is 6.65. The number of ether oxygens (including phenoxy) is 1. The molecule has 0 bridgehead atoms. The van der Waals surface area contributed by atoms with Crippen molar-refractivity contribution in [3.8, 4) is 28.4 Å². The van der Waals surface area contributed by atoms with Crippen molar-refractivity contribution >= 4 is 11.0 Å². The highest BCUT2D eigenvalue weighted by molar-refractivity contribution is 5.85. The van der Waals surface area contributed by atoms with Gasteiger partial charge in [0.1, 0.15) is 0 Å². The fourth-order valence-electron chi connectivity index (χ4n) is 6.55. The summed E-state index contributed by atoms with van der Waals surface area (Å²) in [6.07, 6.45) is 2.25. The average molecular weight is 444 g/mol. The number of imidazole rings is 1. The molecule has 1 atom stereocenters. The summed E-state index contributed by atoms with van der Waals surface area (Å²) in [5.74, 6) is 3.12. The predicted octanol–water partition coefficient (Wildman–Crippen LogP) is 5.28. The molecule has 8 rings (SSSR count). The second-order valence-corrected chi connectivity index (χ2v) is 10.8. The highest BCUT2D eigenvalue weighted by atomic mass is 16.5. The number of fused-ring (bicyclic) bond motifs is 7. The average Bonchev–Trinajstić information content (AvgIpc) is 3.42. The third kappa shape index (κ3) is 1.83. The van der Waals surface area contributed by atoms with Crippen molar-refractivity contribution in [2.75, 3.05) is 0 Å². The van der Waals surface area contributed by atoms with Gasteiger partial charge in [0.05, 0.1) is 23.7 Å². The molecular formula is C30H25N3O+2. The van der Waals surface area contributed by atoms with Crippen LogP contribution >= 0.6 is 0 Å². The number of pyridine rings is 1. The molecule has 34 heavy (non-hydrogen) atoms. The summed E-state index contributed by atoms with van der Waals surface area (Å²) in [5.41, 5.74) is 9.45. The zero-order chi connectivity index (χ0) is 23.0. The molecule has 2 aromatic heterocycles. The molecule has 3 aromatic carbocycles. The molecule has 1 spiro atoms. The number of aromatic nitrogens is 3. The Kier molecular flexibility index (Phi) is 3.04. The molecule has 0 fully saturated rings. The monoisotopic (exact) mass is 443 g/mol. The summed E-state index contributed by atoms with van der Waals surface area (Å²) in [6, 6.07) is 26.5. The smallest absolute Gasteiger partial charge is 0.346 e. The first-order valence-electron chi connectivity index (χ1n) is 11.9. The molecule has 4 heteroatoms. The van der Waals surface area contributed by atoms with E-state index in [2.05, 4.69) is 121 Å². The van der Waals surface area contributed by atoms with Gasteiger partial charge in [-0.15, -0.1) is 0 Å². The van der Waals surface area contributed by atoms with Crippen molar-refractivity contribution < 1.29 is 13.9 Å². The summed E-state index contributed by atoms with van der Waals surface area (Å²) in [6.45, 7) is 6.84. The van der Waals surface area contributed by atoms with Crippen molar-refractivity contribution in [2.24, 2.45) is 7.05 Å². The van der Waals surface area contributed by atoms with Gasteiger partial charge in [0.25, 0.3) is 0 Å². The Hall–Kier alpha value is -3.92. The van der Waals surface area contributed by atoms with Crippen LogP contribution < -0.4 is 13.9 Å². The van der Waals surface area contributed by atoms with E-state index >= 15 is 0 Å². The Labute approximate surface area is 198 Å². The van der Waals surface area contributed by atoms with Crippen molar-refractivity contribution in [1.82, 2.24) is 4.57 Å². The van der Waals surface area contributed by atoms with Crippen LogP contribution in [0.1, 0.15) is 43.3 Å². The van der Waals surface area contributed by atoms with Crippen molar-refractivity contribution in [2.45, 2.75) is 31.7 Å². The van der Waals surface area contributed by atoms with E-state index in [1.54, 1.807) is 0 Å². The van der Waals surface area contributed by atoms with Crippen LogP contribution in [0.15, 0.2) is 79.0 Å². The van der Waals surface area contributed by atoms with E-state index < -0.39 is 5.54 Å². The van der Waals surface area contributed by atoms with E-state index in [0.29, 0.717) is 0 Å². The first kappa shape index (κ1) is 18.5. The van der Waals surface area contributed by atoms with Crippen LogP contribution in [0.4, 0.5) is 0 Å². The molecule has 0 aliphatic carbocycles. The van der Waals surface area contributed by atoms with Crippen molar-refractivity contribution in [3.05, 3.63) is 102 Å². The lowest BCUT2D eigenvalue weighted by Gasteiger charge is -2.25. The van der Waals surface area contributed by atoms with E-state index in [-0.39, 0.29) is 5.41 Å². The molecular weight excluding hydrogens is 418 g/mol. The van der Waals surface area contributed by atoms with Crippen molar-refractivity contribution in [1.29, 1.82) is 0 Å². The number of aryl methyl sites for hydroxylation is 1. The number of rotatable bonds is 0. The minimum atomic E-state index is -0.475. The topological polar surface area (TPSA) is 21.9 Å². The van der Waals surface area contributed by atoms with E-state index in [1.807, 2.05) is 0 Å². The fraction of sp³-hybridized carbons (Fsp3) is 0.200. The van der Waals surface area contributed by atoms with Gasteiger partial charge >= 0.3 is 11.4 Å². The van der Waals surface area contributed by atoms with Crippen LogP contribution in [-0.4, -0.2) is 4.57 Å². The molecule has 0 amide bonds. The fourth-order valence-corrected chi connectivity index (χ4v) is 6.55. The maximum atomic E-state index is 6.65. The minimum Gasteiger partial charge on any atom is -0.448 e. The Morgan fingerprint density at radius 2 is 1.68 bits per heavy atom. The van der Waals surface area contributed by atoms with Crippen LogP contribution in [0.3, 0.4) is 0 Å². The second kappa shape index (κ2) is 5.58. The first-order valence-corrected chi connectivity index (χ1v) is 11.9. The first-order chi connectivity index (χ1) is 16.4. The van der Waals surface area contributed by atoms with Crippen LogP contribution in [-0.2, 0) is 18.0 Å². The zero-order valence-corrected chi connectivity index (χ0v) is 19.8. The van der Waals surface area contributed by atoms with Gasteiger partial charge in [-0.25, -0.2) is 4.57 Å².